The predicted octanol–water partition coefficient (Wildman–Crippen LogP) is 2.08. The molecule has 0 radical (unpaired) electrons. The van der Waals surface area contributed by atoms with Gasteiger partial charge in [-0.1, -0.05) is 0 Å². The van der Waals surface area contributed by atoms with E-state index in [0.29, 0.717) is 11.7 Å². The van der Waals surface area contributed by atoms with Crippen molar-refractivity contribution in [2.24, 2.45) is 0 Å². The van der Waals surface area contributed by atoms with Crippen molar-refractivity contribution in [1.82, 2.24) is 9.78 Å². The summed E-state index contributed by atoms with van der Waals surface area (Å²) >= 11 is 2.15. The molecule has 1 aromatic rings. The minimum Gasteiger partial charge on any atom is -0.267 e. The highest BCUT2D eigenvalue weighted by atomic mass is 127. The highest BCUT2D eigenvalue weighted by Crippen LogP contribution is 2.31. The van der Waals surface area contributed by atoms with Gasteiger partial charge in [-0.3, -0.25) is 4.68 Å². The Morgan fingerprint density at radius 2 is 2.42 bits per heavy atom. The second kappa shape index (κ2) is 3.05. The van der Waals surface area contributed by atoms with Crippen LogP contribution in [0.5, 0.6) is 0 Å². The molecule has 1 aromatic heterocycles. The molecule has 0 atom stereocenters. The Balaban J connectivity index is 2.28. The Labute approximate surface area is 84.5 Å². The van der Waals surface area contributed by atoms with Crippen molar-refractivity contribution >= 4 is 22.6 Å². The largest absolute Gasteiger partial charge is 0.267 e. The Hall–Kier alpha value is -0.570. The van der Waals surface area contributed by atoms with Crippen LogP contribution in [0.4, 0.5) is 0 Å². The molecular weight excluding hydrogens is 265 g/mol. The second-order valence-electron chi connectivity index (χ2n) is 3.00. The van der Waals surface area contributed by atoms with E-state index in [4.69, 9.17) is 5.26 Å². The minimum atomic E-state index is 0.556. The smallest absolute Gasteiger partial charge is 0.175 e. The number of aromatic nitrogens is 2. The number of hydrogen-bond donors (Lipinski definition) is 0. The van der Waals surface area contributed by atoms with E-state index < -0.39 is 0 Å². The Morgan fingerprint density at radius 3 is 2.83 bits per heavy atom. The fourth-order valence-corrected chi connectivity index (χ4v) is 1.80. The maximum absolute atomic E-state index is 8.67. The number of hydrogen-bond acceptors (Lipinski definition) is 2. The molecular formula is C8H8IN3. The lowest BCUT2D eigenvalue weighted by Gasteiger charge is -2.25. The Kier molecular flexibility index (Phi) is 2.05. The van der Waals surface area contributed by atoms with Crippen LogP contribution in [0.3, 0.4) is 0 Å². The SMILES string of the molecule is N#Cc1nn(C2CCC2)cc1I. The normalized spacial score (nSPS) is 17.0. The molecule has 62 valence electrons. The molecule has 1 saturated carbocycles. The first kappa shape index (κ1) is 8.05. The van der Waals surface area contributed by atoms with E-state index in [2.05, 4.69) is 33.8 Å². The van der Waals surface area contributed by atoms with Gasteiger partial charge < -0.3 is 0 Å². The molecule has 0 spiro atoms. The summed E-state index contributed by atoms with van der Waals surface area (Å²) in [4.78, 5) is 0. The van der Waals surface area contributed by atoms with Gasteiger partial charge in [-0.25, -0.2) is 0 Å². The van der Waals surface area contributed by atoms with Gasteiger partial charge in [-0.05, 0) is 41.9 Å². The van der Waals surface area contributed by atoms with Crippen molar-refractivity contribution in [1.29, 1.82) is 5.26 Å². The van der Waals surface area contributed by atoms with Crippen LogP contribution in [0, 0.1) is 14.9 Å². The van der Waals surface area contributed by atoms with Crippen LogP contribution < -0.4 is 0 Å². The molecule has 0 aliphatic heterocycles. The predicted molar refractivity (Wildman–Crippen MR) is 52.5 cm³/mol. The van der Waals surface area contributed by atoms with Gasteiger partial charge in [0.2, 0.25) is 0 Å². The van der Waals surface area contributed by atoms with Gasteiger partial charge in [-0.2, -0.15) is 10.4 Å². The molecule has 4 heteroatoms. The molecule has 0 aromatic carbocycles. The first-order valence-corrected chi connectivity index (χ1v) is 5.04. The first-order valence-electron chi connectivity index (χ1n) is 3.96. The molecule has 0 N–H and O–H groups in total. The molecule has 0 bridgehead atoms. The van der Waals surface area contributed by atoms with Gasteiger partial charge >= 0.3 is 0 Å². The third-order valence-corrected chi connectivity index (χ3v) is 3.03. The van der Waals surface area contributed by atoms with Gasteiger partial charge in [0.05, 0.1) is 9.61 Å². The van der Waals surface area contributed by atoms with Crippen LogP contribution in [0.1, 0.15) is 31.0 Å². The topological polar surface area (TPSA) is 41.6 Å². The fraction of sp³-hybridized carbons (Fsp3) is 0.500. The minimum absolute atomic E-state index is 0.556. The number of halogens is 1. The van der Waals surface area contributed by atoms with E-state index in [0.717, 1.165) is 3.57 Å². The molecule has 1 heterocycles. The quantitative estimate of drug-likeness (QED) is 0.735. The zero-order valence-electron chi connectivity index (χ0n) is 6.50. The standard InChI is InChI=1S/C8H8IN3/c9-7-5-12(6-2-1-3-6)11-8(7)4-10/h5-6H,1-3H2. The van der Waals surface area contributed by atoms with Crippen LogP contribution in [-0.2, 0) is 0 Å². The van der Waals surface area contributed by atoms with Crippen LogP contribution >= 0.6 is 22.6 Å². The van der Waals surface area contributed by atoms with Gasteiger partial charge in [0.15, 0.2) is 5.69 Å². The maximum Gasteiger partial charge on any atom is 0.175 e. The molecule has 12 heavy (non-hydrogen) atoms. The molecule has 2 rings (SSSR count). The van der Waals surface area contributed by atoms with Crippen molar-refractivity contribution < 1.29 is 0 Å². The van der Waals surface area contributed by atoms with E-state index in [9.17, 15) is 0 Å². The summed E-state index contributed by atoms with van der Waals surface area (Å²) in [6.07, 6.45) is 5.68. The van der Waals surface area contributed by atoms with Crippen LogP contribution in [0.15, 0.2) is 6.20 Å². The zero-order chi connectivity index (χ0) is 8.55. The van der Waals surface area contributed by atoms with E-state index in [1.807, 2.05) is 10.9 Å². The van der Waals surface area contributed by atoms with Crippen molar-refractivity contribution in [3.8, 4) is 6.07 Å². The summed E-state index contributed by atoms with van der Waals surface area (Å²) in [5.41, 5.74) is 0.558. The zero-order valence-corrected chi connectivity index (χ0v) is 8.65. The van der Waals surface area contributed by atoms with Gasteiger partial charge in [-0.15, -0.1) is 0 Å². The Morgan fingerprint density at radius 1 is 1.67 bits per heavy atom. The van der Waals surface area contributed by atoms with E-state index >= 15 is 0 Å². The average Bonchev–Trinajstić information content (AvgIpc) is 2.27. The summed E-state index contributed by atoms with van der Waals surface area (Å²) in [6, 6.07) is 2.64. The lowest BCUT2D eigenvalue weighted by Crippen LogP contribution is -2.17. The molecule has 0 unspecified atom stereocenters. The van der Waals surface area contributed by atoms with Crippen molar-refractivity contribution in [2.75, 3.05) is 0 Å². The Bertz CT molecular complexity index is 333. The second-order valence-corrected chi connectivity index (χ2v) is 4.16. The summed E-state index contributed by atoms with van der Waals surface area (Å²) in [5, 5.41) is 12.9. The van der Waals surface area contributed by atoms with Crippen LogP contribution in [-0.4, -0.2) is 9.78 Å². The molecule has 1 aliphatic carbocycles. The van der Waals surface area contributed by atoms with E-state index in [1.54, 1.807) is 0 Å². The molecule has 0 amide bonds. The van der Waals surface area contributed by atoms with Crippen molar-refractivity contribution in [3.05, 3.63) is 15.5 Å². The number of rotatable bonds is 1. The van der Waals surface area contributed by atoms with E-state index in [1.165, 1.54) is 19.3 Å². The third-order valence-electron chi connectivity index (χ3n) is 2.24. The number of nitriles is 1. The molecule has 1 aliphatic rings. The van der Waals surface area contributed by atoms with Crippen molar-refractivity contribution in [2.45, 2.75) is 25.3 Å². The fourth-order valence-electron chi connectivity index (χ4n) is 1.28. The average molecular weight is 273 g/mol. The van der Waals surface area contributed by atoms with Gasteiger partial charge in [0.1, 0.15) is 6.07 Å². The highest BCUT2D eigenvalue weighted by Gasteiger charge is 2.21. The van der Waals surface area contributed by atoms with Gasteiger partial charge in [0.25, 0.3) is 0 Å². The van der Waals surface area contributed by atoms with E-state index in [-0.39, 0.29) is 0 Å². The summed E-state index contributed by atoms with van der Waals surface area (Å²) in [6.45, 7) is 0. The summed E-state index contributed by atoms with van der Waals surface area (Å²) < 4.78 is 2.89. The summed E-state index contributed by atoms with van der Waals surface area (Å²) in [7, 11) is 0. The molecule has 3 nitrogen and oxygen atoms in total. The highest BCUT2D eigenvalue weighted by molar-refractivity contribution is 14.1. The monoisotopic (exact) mass is 273 g/mol. The molecule has 0 saturated heterocycles. The lowest BCUT2D eigenvalue weighted by atomic mass is 9.93. The lowest BCUT2D eigenvalue weighted by molar-refractivity contribution is 0.289. The maximum atomic E-state index is 8.67. The van der Waals surface area contributed by atoms with Crippen LogP contribution in [0.2, 0.25) is 0 Å². The first-order chi connectivity index (χ1) is 5.81. The summed E-state index contributed by atoms with van der Waals surface area (Å²) in [5.74, 6) is 0. The van der Waals surface area contributed by atoms with Gasteiger partial charge in [0, 0.05) is 6.20 Å². The molecule has 1 fully saturated rings. The van der Waals surface area contributed by atoms with Crippen molar-refractivity contribution in [3.63, 3.8) is 0 Å². The third kappa shape index (κ3) is 1.22. The number of nitrogens with zero attached hydrogens (tertiary/aromatic N) is 3. The van der Waals surface area contributed by atoms with Crippen LogP contribution in [0.25, 0.3) is 0 Å².